The van der Waals surface area contributed by atoms with E-state index in [2.05, 4.69) is 35.7 Å². The number of nitrogens with zero attached hydrogens (tertiary/aromatic N) is 1. The van der Waals surface area contributed by atoms with Crippen LogP contribution in [-0.4, -0.2) is 24.8 Å². The van der Waals surface area contributed by atoms with Crippen LogP contribution in [0.15, 0.2) is 10.6 Å². The Morgan fingerprint density at radius 3 is 3.00 bits per heavy atom. The molecule has 0 bridgehead atoms. The second-order valence-corrected chi connectivity index (χ2v) is 5.37. The summed E-state index contributed by atoms with van der Waals surface area (Å²) in [6.45, 7) is 7.66. The van der Waals surface area contributed by atoms with Crippen LogP contribution in [0.25, 0.3) is 0 Å². The lowest BCUT2D eigenvalue weighted by molar-refractivity contribution is 0.391. The van der Waals surface area contributed by atoms with Gasteiger partial charge in [-0.25, -0.2) is 0 Å². The molecule has 0 radical (unpaired) electrons. The highest BCUT2D eigenvalue weighted by molar-refractivity contribution is 5.32. The van der Waals surface area contributed by atoms with Crippen LogP contribution in [0, 0.1) is 5.92 Å². The van der Waals surface area contributed by atoms with Crippen molar-refractivity contribution in [2.75, 3.05) is 25.0 Å². The Morgan fingerprint density at radius 2 is 2.28 bits per heavy atom. The number of piperidine rings is 1. The van der Waals surface area contributed by atoms with E-state index in [0.29, 0.717) is 5.92 Å². The highest BCUT2D eigenvalue weighted by Gasteiger charge is 2.18. The second kappa shape index (κ2) is 6.78. The highest BCUT2D eigenvalue weighted by atomic mass is 16.5. The molecule has 2 N–H and O–H groups in total. The van der Waals surface area contributed by atoms with Gasteiger partial charge in [-0.05, 0) is 38.3 Å². The summed E-state index contributed by atoms with van der Waals surface area (Å²) < 4.78 is 5.35. The fourth-order valence-corrected chi connectivity index (χ4v) is 2.33. The van der Waals surface area contributed by atoms with E-state index in [9.17, 15) is 0 Å². The summed E-state index contributed by atoms with van der Waals surface area (Å²) in [5, 5.41) is 10.9. The van der Waals surface area contributed by atoms with Crippen LogP contribution in [0.5, 0.6) is 0 Å². The smallest absolute Gasteiger partial charge is 0.224 e. The minimum absolute atomic E-state index is 0.570. The van der Waals surface area contributed by atoms with Gasteiger partial charge < -0.3 is 15.2 Å². The Kier molecular flexibility index (Phi) is 5.05. The van der Waals surface area contributed by atoms with Gasteiger partial charge in [0.15, 0.2) is 0 Å². The van der Waals surface area contributed by atoms with E-state index in [0.717, 1.165) is 37.1 Å². The molecule has 1 aromatic heterocycles. The molecule has 1 atom stereocenters. The lowest BCUT2D eigenvalue weighted by atomic mass is 9.95. The van der Waals surface area contributed by atoms with Crippen molar-refractivity contribution in [2.24, 2.45) is 5.92 Å². The third-order valence-corrected chi connectivity index (χ3v) is 3.92. The summed E-state index contributed by atoms with van der Waals surface area (Å²) in [4.78, 5) is 0. The van der Waals surface area contributed by atoms with Crippen LogP contribution in [-0.2, 0) is 0 Å². The van der Waals surface area contributed by atoms with Crippen LogP contribution in [0.4, 0.5) is 5.88 Å². The van der Waals surface area contributed by atoms with E-state index >= 15 is 0 Å². The van der Waals surface area contributed by atoms with E-state index in [1.54, 1.807) is 0 Å². The molecule has 0 spiro atoms. The third-order valence-electron chi connectivity index (χ3n) is 3.92. The zero-order valence-electron chi connectivity index (χ0n) is 11.5. The van der Waals surface area contributed by atoms with E-state index < -0.39 is 0 Å². The van der Waals surface area contributed by atoms with Crippen LogP contribution >= 0.6 is 0 Å². The second-order valence-electron chi connectivity index (χ2n) is 5.37. The first kappa shape index (κ1) is 13.4. The number of hydrogen-bond acceptors (Lipinski definition) is 4. The molecule has 18 heavy (non-hydrogen) atoms. The van der Waals surface area contributed by atoms with E-state index in [4.69, 9.17) is 4.52 Å². The van der Waals surface area contributed by atoms with Crippen LogP contribution in [0.1, 0.15) is 51.1 Å². The zero-order chi connectivity index (χ0) is 12.8. The fraction of sp³-hybridized carbons (Fsp3) is 0.786. The zero-order valence-corrected chi connectivity index (χ0v) is 11.5. The molecule has 4 heteroatoms. The Morgan fingerprint density at radius 1 is 1.50 bits per heavy atom. The molecule has 1 aliphatic heterocycles. The van der Waals surface area contributed by atoms with Crippen molar-refractivity contribution >= 4 is 5.88 Å². The summed E-state index contributed by atoms with van der Waals surface area (Å²) in [6.07, 6.45) is 4.75. The maximum Gasteiger partial charge on any atom is 0.224 e. The molecule has 1 saturated heterocycles. The topological polar surface area (TPSA) is 50.1 Å². The molecule has 0 aromatic carbocycles. The predicted molar refractivity (Wildman–Crippen MR) is 73.9 cm³/mol. The van der Waals surface area contributed by atoms with Crippen LogP contribution < -0.4 is 10.6 Å². The molecular weight excluding hydrogens is 226 g/mol. The van der Waals surface area contributed by atoms with Gasteiger partial charge in [0.05, 0.1) is 5.69 Å². The van der Waals surface area contributed by atoms with E-state index in [-0.39, 0.29) is 0 Å². The average molecular weight is 251 g/mol. The molecule has 4 nitrogen and oxygen atoms in total. The van der Waals surface area contributed by atoms with Gasteiger partial charge in [-0.1, -0.05) is 25.4 Å². The first-order chi connectivity index (χ1) is 8.79. The van der Waals surface area contributed by atoms with Gasteiger partial charge in [0, 0.05) is 18.5 Å². The molecule has 0 saturated carbocycles. The van der Waals surface area contributed by atoms with Crippen molar-refractivity contribution in [3.05, 3.63) is 11.8 Å². The number of rotatable bonds is 6. The lowest BCUT2D eigenvalue weighted by Crippen LogP contribution is -2.26. The molecule has 1 aromatic rings. The first-order valence-corrected chi connectivity index (χ1v) is 7.20. The molecule has 1 aliphatic rings. The van der Waals surface area contributed by atoms with Gasteiger partial charge in [-0.15, -0.1) is 0 Å². The Hall–Kier alpha value is -1.03. The largest absolute Gasteiger partial charge is 0.354 e. The van der Waals surface area contributed by atoms with Gasteiger partial charge in [0.1, 0.15) is 0 Å². The van der Waals surface area contributed by atoms with Gasteiger partial charge in [-0.2, -0.15) is 0 Å². The standard InChI is InChI=1S/C14H25N3O/c1-3-11(2)4-9-16-14-10-13(17-18-14)12-5-7-15-8-6-12/h10-12,15-16H,3-9H2,1-2H3. The van der Waals surface area contributed by atoms with Crippen LogP contribution in [0.2, 0.25) is 0 Å². The van der Waals surface area contributed by atoms with Gasteiger partial charge in [-0.3, -0.25) is 0 Å². The summed E-state index contributed by atoms with van der Waals surface area (Å²) in [7, 11) is 0. The number of hydrogen-bond donors (Lipinski definition) is 2. The number of anilines is 1. The maximum absolute atomic E-state index is 5.35. The minimum atomic E-state index is 0.570. The van der Waals surface area contributed by atoms with Crippen molar-refractivity contribution in [2.45, 2.75) is 45.4 Å². The average Bonchev–Trinajstić information content (AvgIpc) is 2.88. The van der Waals surface area contributed by atoms with Crippen molar-refractivity contribution in [3.63, 3.8) is 0 Å². The van der Waals surface area contributed by atoms with Crippen molar-refractivity contribution in [1.82, 2.24) is 10.5 Å². The Labute approximate surface area is 110 Å². The quantitative estimate of drug-likeness (QED) is 0.816. The Balaban J connectivity index is 1.78. The summed E-state index contributed by atoms with van der Waals surface area (Å²) in [6, 6.07) is 2.08. The third kappa shape index (κ3) is 3.73. The molecule has 2 rings (SSSR count). The predicted octanol–water partition coefficient (Wildman–Crippen LogP) is 2.99. The molecule has 0 aliphatic carbocycles. The number of aromatic nitrogens is 1. The SMILES string of the molecule is CCC(C)CCNc1cc(C2CCNCC2)no1. The normalized spacial score (nSPS) is 18.8. The van der Waals surface area contributed by atoms with E-state index in [1.807, 2.05) is 0 Å². The summed E-state index contributed by atoms with van der Waals surface area (Å²) in [5.74, 6) is 2.16. The van der Waals surface area contributed by atoms with Crippen molar-refractivity contribution in [1.29, 1.82) is 0 Å². The van der Waals surface area contributed by atoms with Gasteiger partial charge >= 0.3 is 0 Å². The molecule has 2 heterocycles. The highest BCUT2D eigenvalue weighted by Crippen LogP contribution is 2.26. The van der Waals surface area contributed by atoms with E-state index in [1.165, 1.54) is 25.7 Å². The lowest BCUT2D eigenvalue weighted by Gasteiger charge is -2.19. The monoisotopic (exact) mass is 251 g/mol. The van der Waals surface area contributed by atoms with Crippen molar-refractivity contribution < 1.29 is 4.52 Å². The van der Waals surface area contributed by atoms with Gasteiger partial charge in [0.25, 0.3) is 0 Å². The molecular formula is C14H25N3O. The van der Waals surface area contributed by atoms with Crippen LogP contribution in [0.3, 0.4) is 0 Å². The minimum Gasteiger partial charge on any atom is -0.354 e. The fourth-order valence-electron chi connectivity index (χ4n) is 2.33. The van der Waals surface area contributed by atoms with Gasteiger partial charge in [0.2, 0.25) is 5.88 Å². The number of nitrogens with one attached hydrogen (secondary N) is 2. The Bertz CT molecular complexity index is 345. The molecule has 102 valence electrons. The summed E-state index contributed by atoms with van der Waals surface area (Å²) in [5.41, 5.74) is 1.11. The molecule has 0 amide bonds. The maximum atomic E-state index is 5.35. The summed E-state index contributed by atoms with van der Waals surface area (Å²) >= 11 is 0. The molecule has 1 unspecified atom stereocenters. The molecule has 1 fully saturated rings. The first-order valence-electron chi connectivity index (χ1n) is 7.20. The van der Waals surface area contributed by atoms with Crippen molar-refractivity contribution in [3.8, 4) is 0 Å².